The first kappa shape index (κ1) is 16.2. The molecule has 1 nitrogen and oxygen atoms in total. The van der Waals surface area contributed by atoms with E-state index in [1.165, 1.54) is 24.0 Å². The zero-order valence-electron chi connectivity index (χ0n) is 13.4. The molecule has 1 rings (SSSR count). The summed E-state index contributed by atoms with van der Waals surface area (Å²) in [6.07, 6.45) is 2.46. The minimum absolute atomic E-state index is 0.732. The Morgan fingerprint density at radius 1 is 1.05 bits per heavy atom. The average molecular weight is 261 g/mol. The van der Waals surface area contributed by atoms with Crippen LogP contribution in [0.15, 0.2) is 24.3 Å². The van der Waals surface area contributed by atoms with E-state index in [0.29, 0.717) is 0 Å². The standard InChI is InChI=1S/C18H31N/c1-6-15(4)18(13-19-12-14(2)3)11-17-10-8-7-9-16(17)5/h7-10,14-15,18-19H,6,11-13H2,1-5H3. The van der Waals surface area contributed by atoms with E-state index < -0.39 is 0 Å². The number of aryl methyl sites for hydroxylation is 1. The zero-order valence-corrected chi connectivity index (χ0v) is 13.4. The van der Waals surface area contributed by atoms with Crippen LogP contribution in [0.25, 0.3) is 0 Å². The van der Waals surface area contributed by atoms with E-state index >= 15 is 0 Å². The molecular weight excluding hydrogens is 230 g/mol. The van der Waals surface area contributed by atoms with Crippen LogP contribution in [0.2, 0.25) is 0 Å². The Morgan fingerprint density at radius 3 is 2.32 bits per heavy atom. The largest absolute Gasteiger partial charge is 0.316 e. The summed E-state index contributed by atoms with van der Waals surface area (Å²) in [5, 5.41) is 3.64. The molecule has 0 bridgehead atoms. The molecule has 0 aromatic heterocycles. The molecule has 0 radical (unpaired) electrons. The summed E-state index contributed by atoms with van der Waals surface area (Å²) >= 11 is 0. The summed E-state index contributed by atoms with van der Waals surface area (Å²) in [5.41, 5.74) is 2.94. The van der Waals surface area contributed by atoms with Gasteiger partial charge in [-0.3, -0.25) is 0 Å². The van der Waals surface area contributed by atoms with Gasteiger partial charge < -0.3 is 5.32 Å². The van der Waals surface area contributed by atoms with Crippen LogP contribution in [-0.2, 0) is 6.42 Å². The first-order valence-corrected chi connectivity index (χ1v) is 7.79. The molecule has 2 unspecified atom stereocenters. The van der Waals surface area contributed by atoms with Gasteiger partial charge in [0.25, 0.3) is 0 Å². The summed E-state index contributed by atoms with van der Waals surface area (Å²) in [5.74, 6) is 2.25. The van der Waals surface area contributed by atoms with Crippen molar-refractivity contribution in [3.63, 3.8) is 0 Å². The minimum Gasteiger partial charge on any atom is -0.316 e. The SMILES string of the molecule is CCC(C)C(CNCC(C)C)Cc1ccccc1C. The van der Waals surface area contributed by atoms with Gasteiger partial charge in [-0.25, -0.2) is 0 Å². The maximum Gasteiger partial charge on any atom is -0.00147 e. The topological polar surface area (TPSA) is 12.0 Å². The van der Waals surface area contributed by atoms with Crippen LogP contribution in [0.3, 0.4) is 0 Å². The van der Waals surface area contributed by atoms with Crippen molar-refractivity contribution in [3.8, 4) is 0 Å². The quantitative estimate of drug-likeness (QED) is 0.729. The lowest BCUT2D eigenvalue weighted by atomic mass is 9.85. The van der Waals surface area contributed by atoms with Gasteiger partial charge in [0.1, 0.15) is 0 Å². The van der Waals surface area contributed by atoms with Crippen LogP contribution in [0, 0.1) is 24.7 Å². The molecule has 0 saturated heterocycles. The fraction of sp³-hybridized carbons (Fsp3) is 0.667. The number of nitrogens with one attached hydrogen (secondary N) is 1. The van der Waals surface area contributed by atoms with E-state index in [9.17, 15) is 0 Å². The number of hydrogen-bond acceptors (Lipinski definition) is 1. The Labute approximate surface area is 119 Å². The molecule has 0 saturated carbocycles. The van der Waals surface area contributed by atoms with Crippen LogP contribution >= 0.6 is 0 Å². The third-order valence-electron chi connectivity index (χ3n) is 4.15. The highest BCUT2D eigenvalue weighted by Crippen LogP contribution is 2.21. The van der Waals surface area contributed by atoms with Crippen molar-refractivity contribution >= 4 is 0 Å². The van der Waals surface area contributed by atoms with Crippen LogP contribution in [0.1, 0.15) is 45.2 Å². The first-order valence-electron chi connectivity index (χ1n) is 7.79. The third kappa shape index (κ3) is 5.78. The van der Waals surface area contributed by atoms with Gasteiger partial charge in [0.2, 0.25) is 0 Å². The molecule has 1 N–H and O–H groups in total. The summed E-state index contributed by atoms with van der Waals surface area (Å²) in [6.45, 7) is 13.7. The minimum atomic E-state index is 0.732. The molecule has 0 heterocycles. The van der Waals surface area contributed by atoms with Gasteiger partial charge in [-0.1, -0.05) is 58.4 Å². The molecule has 0 amide bonds. The Bertz CT molecular complexity index is 356. The summed E-state index contributed by atoms with van der Waals surface area (Å²) < 4.78 is 0. The molecule has 1 aromatic carbocycles. The monoisotopic (exact) mass is 261 g/mol. The van der Waals surface area contributed by atoms with E-state index in [0.717, 1.165) is 30.8 Å². The van der Waals surface area contributed by atoms with Crippen molar-refractivity contribution in [1.29, 1.82) is 0 Å². The molecule has 0 fully saturated rings. The van der Waals surface area contributed by atoms with E-state index in [4.69, 9.17) is 0 Å². The zero-order chi connectivity index (χ0) is 14.3. The van der Waals surface area contributed by atoms with Gasteiger partial charge >= 0.3 is 0 Å². The highest BCUT2D eigenvalue weighted by Gasteiger charge is 2.17. The normalized spacial score (nSPS) is 14.6. The third-order valence-corrected chi connectivity index (χ3v) is 4.15. The van der Waals surface area contributed by atoms with Crippen molar-refractivity contribution in [2.45, 2.75) is 47.5 Å². The lowest BCUT2D eigenvalue weighted by Gasteiger charge is -2.25. The van der Waals surface area contributed by atoms with Crippen LogP contribution in [-0.4, -0.2) is 13.1 Å². The fourth-order valence-electron chi connectivity index (χ4n) is 2.49. The summed E-state index contributed by atoms with van der Waals surface area (Å²) in [6, 6.07) is 8.81. The second-order valence-electron chi connectivity index (χ2n) is 6.33. The second-order valence-corrected chi connectivity index (χ2v) is 6.33. The first-order chi connectivity index (χ1) is 9.04. The van der Waals surface area contributed by atoms with Crippen LogP contribution in [0.4, 0.5) is 0 Å². The van der Waals surface area contributed by atoms with E-state index in [1.807, 2.05) is 0 Å². The van der Waals surface area contributed by atoms with Crippen molar-refractivity contribution in [2.24, 2.45) is 17.8 Å². The Balaban J connectivity index is 2.61. The molecular formula is C18H31N. The van der Waals surface area contributed by atoms with Gasteiger partial charge in [-0.2, -0.15) is 0 Å². The fourth-order valence-corrected chi connectivity index (χ4v) is 2.49. The Hall–Kier alpha value is -0.820. The number of rotatable bonds is 8. The van der Waals surface area contributed by atoms with Crippen molar-refractivity contribution in [2.75, 3.05) is 13.1 Å². The molecule has 1 aromatic rings. The predicted octanol–water partition coefficient (Wildman–Crippen LogP) is 4.45. The van der Waals surface area contributed by atoms with E-state index in [1.54, 1.807) is 0 Å². The van der Waals surface area contributed by atoms with Crippen molar-refractivity contribution in [1.82, 2.24) is 5.32 Å². The number of benzene rings is 1. The molecule has 108 valence electrons. The highest BCUT2D eigenvalue weighted by atomic mass is 14.9. The summed E-state index contributed by atoms with van der Waals surface area (Å²) in [7, 11) is 0. The molecule has 0 spiro atoms. The maximum absolute atomic E-state index is 3.64. The van der Waals surface area contributed by atoms with Gasteiger partial charge in [-0.15, -0.1) is 0 Å². The van der Waals surface area contributed by atoms with Crippen molar-refractivity contribution < 1.29 is 0 Å². The van der Waals surface area contributed by atoms with Crippen molar-refractivity contribution in [3.05, 3.63) is 35.4 Å². The van der Waals surface area contributed by atoms with Gasteiger partial charge in [-0.05, 0) is 55.3 Å². The molecule has 1 heteroatoms. The molecule has 19 heavy (non-hydrogen) atoms. The van der Waals surface area contributed by atoms with E-state index in [-0.39, 0.29) is 0 Å². The Morgan fingerprint density at radius 2 is 1.74 bits per heavy atom. The lowest BCUT2D eigenvalue weighted by molar-refractivity contribution is 0.323. The smallest absolute Gasteiger partial charge is 0.00147 e. The van der Waals surface area contributed by atoms with Crippen LogP contribution < -0.4 is 5.32 Å². The molecule has 0 aliphatic carbocycles. The Kier molecular flexibility index (Phi) is 7.15. The lowest BCUT2D eigenvalue weighted by Crippen LogP contribution is -2.31. The maximum atomic E-state index is 3.64. The van der Waals surface area contributed by atoms with Gasteiger partial charge in [0.05, 0.1) is 0 Å². The molecule has 2 atom stereocenters. The highest BCUT2D eigenvalue weighted by molar-refractivity contribution is 5.26. The average Bonchev–Trinajstić information content (AvgIpc) is 2.38. The molecule has 0 aliphatic rings. The van der Waals surface area contributed by atoms with E-state index in [2.05, 4.69) is 64.2 Å². The van der Waals surface area contributed by atoms with Crippen LogP contribution in [0.5, 0.6) is 0 Å². The van der Waals surface area contributed by atoms with Gasteiger partial charge in [0, 0.05) is 0 Å². The number of hydrogen-bond donors (Lipinski definition) is 1. The van der Waals surface area contributed by atoms with Gasteiger partial charge in [0.15, 0.2) is 0 Å². The second kappa shape index (κ2) is 8.37. The predicted molar refractivity (Wildman–Crippen MR) is 85.5 cm³/mol. The summed E-state index contributed by atoms with van der Waals surface area (Å²) in [4.78, 5) is 0. The molecule has 0 aliphatic heterocycles.